The second-order valence-corrected chi connectivity index (χ2v) is 7.50. The molecule has 0 saturated heterocycles. The lowest BCUT2D eigenvalue weighted by molar-refractivity contribution is 0.0298. The molecule has 2 heterocycles. The van der Waals surface area contributed by atoms with Crippen molar-refractivity contribution in [3.05, 3.63) is 29.9 Å². The topological polar surface area (TPSA) is 84.3 Å². The summed E-state index contributed by atoms with van der Waals surface area (Å²) in [7, 11) is 3.64. The molecule has 146 valence electrons. The van der Waals surface area contributed by atoms with E-state index in [4.69, 9.17) is 16.3 Å². The summed E-state index contributed by atoms with van der Waals surface area (Å²) in [5, 5.41) is 0.183. The molecule has 0 bridgehead atoms. The summed E-state index contributed by atoms with van der Waals surface area (Å²) in [5.74, 6) is 0.596. The Morgan fingerprint density at radius 1 is 1.15 bits per heavy atom. The maximum absolute atomic E-state index is 11.9. The van der Waals surface area contributed by atoms with Crippen molar-refractivity contribution in [1.82, 2.24) is 24.8 Å². The average Bonchev–Trinajstić information content (AvgIpc) is 2.60. The summed E-state index contributed by atoms with van der Waals surface area (Å²) >= 11 is 5.81. The Balaban J connectivity index is 1.85. The van der Waals surface area contributed by atoms with Gasteiger partial charge < -0.3 is 14.5 Å². The minimum absolute atomic E-state index is 0.183. The van der Waals surface area contributed by atoms with Gasteiger partial charge in [0.2, 0.25) is 11.2 Å². The first-order valence-electron chi connectivity index (χ1n) is 8.62. The minimum Gasteiger partial charge on any atom is -0.444 e. The molecule has 27 heavy (non-hydrogen) atoms. The normalized spacial score (nSPS) is 11.2. The Kier molecular flexibility index (Phi) is 6.90. The number of nitrogens with zero attached hydrogens (tertiary/aromatic N) is 6. The zero-order chi connectivity index (χ0) is 20.0. The molecule has 0 aliphatic heterocycles. The maximum atomic E-state index is 11.9. The third kappa shape index (κ3) is 6.63. The summed E-state index contributed by atoms with van der Waals surface area (Å²) in [6.07, 6.45) is 5.42. The molecule has 0 saturated carbocycles. The number of hydrogen-bond acceptors (Lipinski definition) is 7. The summed E-state index contributed by atoms with van der Waals surface area (Å²) in [5.41, 5.74) is 0.940. The molecule has 0 aliphatic rings. The van der Waals surface area contributed by atoms with Crippen LogP contribution in [-0.2, 0) is 4.74 Å². The summed E-state index contributed by atoms with van der Waals surface area (Å²) in [6, 6.07) is 1.75. The average molecular weight is 393 g/mol. The Morgan fingerprint density at radius 3 is 2.41 bits per heavy atom. The summed E-state index contributed by atoms with van der Waals surface area (Å²) < 4.78 is 5.33. The fourth-order valence-corrected chi connectivity index (χ4v) is 2.37. The van der Waals surface area contributed by atoms with Crippen LogP contribution < -0.4 is 4.90 Å². The number of rotatable bonds is 6. The van der Waals surface area contributed by atoms with Crippen LogP contribution in [0.4, 0.5) is 10.7 Å². The Hall–Kier alpha value is -2.48. The van der Waals surface area contributed by atoms with Gasteiger partial charge in [-0.15, -0.1) is 0 Å². The molecule has 9 heteroatoms. The molecule has 2 aromatic rings. The quantitative estimate of drug-likeness (QED) is 0.697. The summed E-state index contributed by atoms with van der Waals surface area (Å²) in [4.78, 5) is 32.2. The van der Waals surface area contributed by atoms with Crippen LogP contribution in [0.5, 0.6) is 0 Å². The zero-order valence-electron chi connectivity index (χ0n) is 16.3. The molecule has 0 unspecified atom stereocenters. The van der Waals surface area contributed by atoms with Gasteiger partial charge in [-0.3, -0.25) is 0 Å². The van der Waals surface area contributed by atoms with Gasteiger partial charge in [0.15, 0.2) is 0 Å². The van der Waals surface area contributed by atoms with E-state index in [9.17, 15) is 4.79 Å². The third-order valence-electron chi connectivity index (χ3n) is 3.59. The largest absolute Gasteiger partial charge is 0.444 e. The monoisotopic (exact) mass is 392 g/mol. The lowest BCUT2D eigenvalue weighted by atomic mass is 10.2. The maximum Gasteiger partial charge on any atom is 0.410 e. The van der Waals surface area contributed by atoms with Gasteiger partial charge in [0.05, 0.1) is 5.69 Å². The van der Waals surface area contributed by atoms with Gasteiger partial charge in [-0.05, 0) is 44.9 Å². The van der Waals surface area contributed by atoms with Gasteiger partial charge in [-0.25, -0.2) is 24.7 Å². The van der Waals surface area contributed by atoms with Crippen molar-refractivity contribution >= 4 is 23.6 Å². The zero-order valence-corrected chi connectivity index (χ0v) is 17.1. The standard InChI is InChI=1S/C18H25ClN6O2/c1-18(2,3)27-17(26)25(5)10-6-9-24(4)16-21-11-13(12-22-16)14-7-8-20-15(19)23-14/h7-8,11-12H,6,9-10H2,1-5H3. The number of carbonyl (C=O) groups excluding carboxylic acids is 1. The molecule has 0 aromatic carbocycles. The molecule has 2 rings (SSSR count). The highest BCUT2D eigenvalue weighted by atomic mass is 35.5. The van der Waals surface area contributed by atoms with Gasteiger partial charge in [0.1, 0.15) is 5.60 Å². The second-order valence-electron chi connectivity index (χ2n) is 7.16. The predicted molar refractivity (Wildman–Crippen MR) is 105 cm³/mol. The van der Waals surface area contributed by atoms with Crippen molar-refractivity contribution < 1.29 is 9.53 Å². The van der Waals surface area contributed by atoms with Crippen molar-refractivity contribution in [2.24, 2.45) is 0 Å². The lowest BCUT2D eigenvalue weighted by Gasteiger charge is -2.25. The number of anilines is 1. The number of ether oxygens (including phenoxy) is 1. The summed E-state index contributed by atoms with van der Waals surface area (Å²) in [6.45, 7) is 6.83. The van der Waals surface area contributed by atoms with Crippen LogP contribution in [0.3, 0.4) is 0 Å². The van der Waals surface area contributed by atoms with Crippen molar-refractivity contribution in [3.8, 4) is 11.3 Å². The van der Waals surface area contributed by atoms with Crippen LogP contribution >= 0.6 is 11.6 Å². The Morgan fingerprint density at radius 2 is 1.81 bits per heavy atom. The van der Waals surface area contributed by atoms with E-state index in [0.717, 1.165) is 12.0 Å². The highest BCUT2D eigenvalue weighted by Gasteiger charge is 2.19. The van der Waals surface area contributed by atoms with Crippen LogP contribution in [0.15, 0.2) is 24.7 Å². The first-order chi connectivity index (χ1) is 12.7. The molecule has 1 amide bonds. The molecule has 0 fully saturated rings. The van der Waals surface area contributed by atoms with Gasteiger partial charge in [0, 0.05) is 51.3 Å². The van der Waals surface area contributed by atoms with E-state index in [0.29, 0.717) is 24.7 Å². The second kappa shape index (κ2) is 8.94. The first-order valence-corrected chi connectivity index (χ1v) is 9.00. The molecule has 0 N–H and O–H groups in total. The molecular formula is C18H25ClN6O2. The number of halogens is 1. The van der Waals surface area contributed by atoms with E-state index in [-0.39, 0.29) is 11.4 Å². The third-order valence-corrected chi connectivity index (χ3v) is 3.78. The highest BCUT2D eigenvalue weighted by Crippen LogP contribution is 2.17. The molecule has 0 spiro atoms. The molecule has 0 atom stereocenters. The van der Waals surface area contributed by atoms with Crippen LogP contribution in [0.2, 0.25) is 5.28 Å². The highest BCUT2D eigenvalue weighted by molar-refractivity contribution is 6.28. The Labute approximate surface area is 164 Å². The van der Waals surface area contributed by atoms with E-state index in [1.165, 1.54) is 0 Å². The van der Waals surface area contributed by atoms with Crippen LogP contribution in [0, 0.1) is 0 Å². The van der Waals surface area contributed by atoms with Crippen LogP contribution in [0.25, 0.3) is 11.3 Å². The number of carbonyl (C=O) groups is 1. The smallest absolute Gasteiger partial charge is 0.410 e. The van der Waals surface area contributed by atoms with Gasteiger partial charge in [-0.2, -0.15) is 0 Å². The Bertz CT molecular complexity index is 763. The van der Waals surface area contributed by atoms with E-state index in [2.05, 4.69) is 19.9 Å². The van der Waals surface area contributed by atoms with E-state index < -0.39 is 5.60 Å². The fourth-order valence-electron chi connectivity index (χ4n) is 2.22. The van der Waals surface area contributed by atoms with E-state index in [1.54, 1.807) is 36.6 Å². The SMILES string of the molecule is CN(CCCN(C)c1ncc(-c2ccnc(Cl)n2)cn1)C(=O)OC(C)(C)C. The van der Waals surface area contributed by atoms with Gasteiger partial charge >= 0.3 is 6.09 Å². The van der Waals surface area contributed by atoms with Crippen molar-refractivity contribution in [1.29, 1.82) is 0 Å². The van der Waals surface area contributed by atoms with E-state index >= 15 is 0 Å². The van der Waals surface area contributed by atoms with Gasteiger partial charge in [-0.1, -0.05) is 0 Å². The van der Waals surface area contributed by atoms with Crippen LogP contribution in [0.1, 0.15) is 27.2 Å². The fraction of sp³-hybridized carbons (Fsp3) is 0.500. The molecular weight excluding hydrogens is 368 g/mol. The molecule has 0 aliphatic carbocycles. The minimum atomic E-state index is -0.494. The molecule has 0 radical (unpaired) electrons. The predicted octanol–water partition coefficient (Wildman–Crippen LogP) is 3.28. The van der Waals surface area contributed by atoms with Crippen molar-refractivity contribution in [3.63, 3.8) is 0 Å². The van der Waals surface area contributed by atoms with Crippen LogP contribution in [-0.4, -0.2) is 63.7 Å². The van der Waals surface area contributed by atoms with Crippen molar-refractivity contribution in [2.45, 2.75) is 32.8 Å². The molecule has 2 aromatic heterocycles. The number of hydrogen-bond donors (Lipinski definition) is 0. The van der Waals surface area contributed by atoms with Gasteiger partial charge in [0.25, 0.3) is 0 Å². The lowest BCUT2D eigenvalue weighted by Crippen LogP contribution is -2.35. The van der Waals surface area contributed by atoms with E-state index in [1.807, 2.05) is 32.7 Å². The number of amides is 1. The molecule has 8 nitrogen and oxygen atoms in total. The number of aromatic nitrogens is 4. The first kappa shape index (κ1) is 20.8. The van der Waals surface area contributed by atoms with Crippen molar-refractivity contribution in [2.75, 3.05) is 32.1 Å².